The zero-order chi connectivity index (χ0) is 22.8. The van der Waals surface area contributed by atoms with Crippen LogP contribution in [-0.4, -0.2) is 18.9 Å². The maximum atomic E-state index is 12.8. The van der Waals surface area contributed by atoms with Crippen LogP contribution in [0.3, 0.4) is 0 Å². The van der Waals surface area contributed by atoms with Crippen molar-refractivity contribution in [3.05, 3.63) is 98.2 Å². The van der Waals surface area contributed by atoms with Crippen LogP contribution in [0.2, 0.25) is 10.0 Å². The van der Waals surface area contributed by atoms with Crippen molar-refractivity contribution in [2.24, 2.45) is 0 Å². The fraction of sp³-hybridized carbons (Fsp3) is 0.120. The highest BCUT2D eigenvalue weighted by Crippen LogP contribution is 2.39. The SMILES string of the molecule is COC(=O)c1ccc(/C=C2\Oc3c(ccc(OCc4ccc(Cl)c(Cl)c4)c3C)C2=O)cc1. The van der Waals surface area contributed by atoms with Crippen LogP contribution in [-0.2, 0) is 11.3 Å². The first kappa shape index (κ1) is 21.9. The molecule has 0 fully saturated rings. The topological polar surface area (TPSA) is 61.8 Å². The van der Waals surface area contributed by atoms with Crippen LogP contribution in [0.4, 0.5) is 0 Å². The van der Waals surface area contributed by atoms with Crippen LogP contribution in [0.1, 0.15) is 37.4 Å². The van der Waals surface area contributed by atoms with Gasteiger partial charge in [-0.1, -0.05) is 41.4 Å². The first-order valence-electron chi connectivity index (χ1n) is 9.70. The van der Waals surface area contributed by atoms with E-state index in [0.717, 1.165) is 16.7 Å². The van der Waals surface area contributed by atoms with E-state index < -0.39 is 5.97 Å². The molecule has 0 atom stereocenters. The smallest absolute Gasteiger partial charge is 0.337 e. The fourth-order valence-corrected chi connectivity index (χ4v) is 3.62. The Balaban J connectivity index is 1.53. The first-order chi connectivity index (χ1) is 15.4. The number of methoxy groups -OCH3 is 1. The largest absolute Gasteiger partial charge is 0.488 e. The van der Waals surface area contributed by atoms with Gasteiger partial charge in [0.2, 0.25) is 5.78 Å². The van der Waals surface area contributed by atoms with Gasteiger partial charge in [0.05, 0.1) is 28.3 Å². The molecule has 5 nitrogen and oxygen atoms in total. The molecule has 0 N–H and O–H groups in total. The summed E-state index contributed by atoms with van der Waals surface area (Å²) in [6.45, 7) is 2.13. The highest BCUT2D eigenvalue weighted by molar-refractivity contribution is 6.42. The number of hydrogen-bond acceptors (Lipinski definition) is 5. The van der Waals surface area contributed by atoms with E-state index in [9.17, 15) is 9.59 Å². The Morgan fingerprint density at radius 2 is 1.78 bits per heavy atom. The monoisotopic (exact) mass is 468 g/mol. The molecule has 4 rings (SSSR count). The van der Waals surface area contributed by atoms with E-state index in [0.29, 0.717) is 39.3 Å². The highest BCUT2D eigenvalue weighted by Gasteiger charge is 2.30. The van der Waals surface area contributed by atoms with Crippen molar-refractivity contribution >= 4 is 41.0 Å². The van der Waals surface area contributed by atoms with E-state index in [4.69, 9.17) is 37.4 Å². The van der Waals surface area contributed by atoms with E-state index in [1.807, 2.05) is 13.0 Å². The molecule has 32 heavy (non-hydrogen) atoms. The van der Waals surface area contributed by atoms with Crippen LogP contribution < -0.4 is 9.47 Å². The number of Topliss-reactive ketones (excluding diaryl/α,β-unsaturated/α-hetero) is 1. The first-order valence-corrected chi connectivity index (χ1v) is 10.5. The van der Waals surface area contributed by atoms with Gasteiger partial charge in [0.1, 0.15) is 18.1 Å². The van der Waals surface area contributed by atoms with Crippen LogP contribution >= 0.6 is 23.2 Å². The predicted octanol–water partition coefficient (Wildman–Crippen LogP) is 6.28. The quantitative estimate of drug-likeness (QED) is 0.325. The van der Waals surface area contributed by atoms with Crippen molar-refractivity contribution in [3.8, 4) is 11.5 Å². The number of ether oxygens (including phenoxy) is 3. The standard InChI is InChI=1S/C25H18Cl2O5/c1-14-21(31-13-16-5-9-19(26)20(27)11-16)10-8-18-23(28)22(32-24(14)18)12-15-3-6-17(7-4-15)25(29)30-2/h3-12H,13H2,1-2H3/b22-12-. The van der Waals surface area contributed by atoms with Crippen molar-refractivity contribution in [3.63, 3.8) is 0 Å². The Labute approximate surface area is 195 Å². The fourth-order valence-electron chi connectivity index (χ4n) is 3.30. The van der Waals surface area contributed by atoms with Gasteiger partial charge in [-0.25, -0.2) is 4.79 Å². The summed E-state index contributed by atoms with van der Waals surface area (Å²) < 4.78 is 16.5. The average Bonchev–Trinajstić information content (AvgIpc) is 3.11. The molecule has 1 aliphatic rings. The molecule has 3 aromatic carbocycles. The lowest BCUT2D eigenvalue weighted by Crippen LogP contribution is -2.01. The zero-order valence-electron chi connectivity index (χ0n) is 17.3. The Hall–Kier alpha value is -3.28. The maximum Gasteiger partial charge on any atom is 0.337 e. The maximum absolute atomic E-state index is 12.8. The summed E-state index contributed by atoms with van der Waals surface area (Å²) in [4.78, 5) is 24.4. The second-order valence-corrected chi connectivity index (χ2v) is 7.97. The minimum atomic E-state index is -0.422. The van der Waals surface area contributed by atoms with Crippen molar-refractivity contribution in [1.29, 1.82) is 0 Å². The Morgan fingerprint density at radius 1 is 1.03 bits per heavy atom. The lowest BCUT2D eigenvalue weighted by atomic mass is 10.1. The molecule has 162 valence electrons. The summed E-state index contributed by atoms with van der Waals surface area (Å²) in [5, 5.41) is 0.942. The summed E-state index contributed by atoms with van der Waals surface area (Å²) >= 11 is 12.0. The summed E-state index contributed by atoms with van der Waals surface area (Å²) in [5.41, 5.74) is 3.22. The Morgan fingerprint density at radius 3 is 2.47 bits per heavy atom. The summed E-state index contributed by atoms with van der Waals surface area (Å²) in [5.74, 6) is 0.644. The molecule has 3 aromatic rings. The van der Waals surface area contributed by atoms with E-state index >= 15 is 0 Å². The third-order valence-corrected chi connectivity index (χ3v) is 5.78. The number of ketones is 1. The molecule has 0 bridgehead atoms. The number of allylic oxidation sites excluding steroid dienone is 1. The molecular weight excluding hydrogens is 451 g/mol. The normalized spacial score (nSPS) is 13.6. The van der Waals surface area contributed by atoms with Gasteiger partial charge in [0, 0.05) is 5.56 Å². The zero-order valence-corrected chi connectivity index (χ0v) is 18.8. The van der Waals surface area contributed by atoms with Gasteiger partial charge in [-0.3, -0.25) is 4.79 Å². The molecule has 0 aliphatic carbocycles. The van der Waals surface area contributed by atoms with Gasteiger partial charge >= 0.3 is 5.97 Å². The third kappa shape index (κ3) is 4.35. The summed E-state index contributed by atoms with van der Waals surface area (Å²) in [6, 6.07) is 15.4. The van der Waals surface area contributed by atoms with Crippen molar-refractivity contribution in [2.45, 2.75) is 13.5 Å². The van der Waals surface area contributed by atoms with E-state index in [1.54, 1.807) is 54.6 Å². The number of benzene rings is 3. The van der Waals surface area contributed by atoms with Crippen molar-refractivity contribution < 1.29 is 23.8 Å². The Kier molecular flexibility index (Phi) is 6.21. The molecule has 0 radical (unpaired) electrons. The van der Waals surface area contributed by atoms with Crippen LogP contribution in [0.25, 0.3) is 6.08 Å². The van der Waals surface area contributed by atoms with Gasteiger partial charge in [-0.2, -0.15) is 0 Å². The minimum Gasteiger partial charge on any atom is -0.488 e. The summed E-state index contributed by atoms with van der Waals surface area (Å²) in [6.07, 6.45) is 1.64. The van der Waals surface area contributed by atoms with E-state index in [-0.39, 0.29) is 11.5 Å². The molecular formula is C25H18Cl2O5. The Bertz CT molecular complexity index is 1250. The predicted molar refractivity (Wildman–Crippen MR) is 123 cm³/mol. The minimum absolute atomic E-state index is 0.204. The molecule has 1 heterocycles. The molecule has 0 spiro atoms. The number of fused-ring (bicyclic) bond motifs is 1. The summed E-state index contributed by atoms with van der Waals surface area (Å²) in [7, 11) is 1.32. The third-order valence-electron chi connectivity index (χ3n) is 5.04. The molecule has 0 saturated carbocycles. The average molecular weight is 469 g/mol. The van der Waals surface area contributed by atoms with Gasteiger partial charge in [0.25, 0.3) is 0 Å². The molecule has 0 aromatic heterocycles. The second kappa shape index (κ2) is 9.07. The van der Waals surface area contributed by atoms with Crippen LogP contribution in [0, 0.1) is 6.92 Å². The highest BCUT2D eigenvalue weighted by atomic mass is 35.5. The molecule has 0 amide bonds. The molecule has 1 aliphatic heterocycles. The number of esters is 1. The van der Waals surface area contributed by atoms with Gasteiger partial charge in [-0.05, 0) is 60.5 Å². The van der Waals surface area contributed by atoms with Crippen LogP contribution in [0.5, 0.6) is 11.5 Å². The van der Waals surface area contributed by atoms with Gasteiger partial charge in [-0.15, -0.1) is 0 Å². The number of halogens is 2. The van der Waals surface area contributed by atoms with Crippen molar-refractivity contribution in [2.75, 3.05) is 7.11 Å². The number of carbonyl (C=O) groups excluding carboxylic acids is 2. The van der Waals surface area contributed by atoms with Crippen LogP contribution in [0.15, 0.2) is 60.4 Å². The van der Waals surface area contributed by atoms with E-state index in [1.165, 1.54) is 7.11 Å². The van der Waals surface area contributed by atoms with Gasteiger partial charge in [0.15, 0.2) is 5.76 Å². The molecule has 0 saturated heterocycles. The molecule has 7 heteroatoms. The number of rotatable bonds is 5. The van der Waals surface area contributed by atoms with E-state index in [2.05, 4.69) is 0 Å². The lowest BCUT2D eigenvalue weighted by molar-refractivity contribution is 0.0600. The number of hydrogen-bond donors (Lipinski definition) is 0. The molecule has 0 unspecified atom stereocenters. The second-order valence-electron chi connectivity index (χ2n) is 7.16. The van der Waals surface area contributed by atoms with Gasteiger partial charge < -0.3 is 14.2 Å². The lowest BCUT2D eigenvalue weighted by Gasteiger charge is -2.12. The van der Waals surface area contributed by atoms with Crippen molar-refractivity contribution in [1.82, 2.24) is 0 Å². The number of carbonyl (C=O) groups is 2.